The van der Waals surface area contributed by atoms with Crippen LogP contribution in [0.2, 0.25) is 0 Å². The summed E-state index contributed by atoms with van der Waals surface area (Å²) in [7, 11) is 0. The number of hydrogen-bond donors (Lipinski definition) is 2. The predicted octanol–water partition coefficient (Wildman–Crippen LogP) is 4.78. The van der Waals surface area contributed by atoms with Crippen LogP contribution in [0.5, 0.6) is 5.75 Å². The molecule has 4 fully saturated rings. The number of ether oxygens (including phenoxy) is 1. The van der Waals surface area contributed by atoms with Crippen molar-refractivity contribution in [1.82, 2.24) is 5.32 Å². The van der Waals surface area contributed by atoms with Crippen LogP contribution in [0, 0.1) is 23.1 Å². The van der Waals surface area contributed by atoms with Gasteiger partial charge in [0.1, 0.15) is 17.7 Å². The van der Waals surface area contributed by atoms with Gasteiger partial charge in [-0.1, -0.05) is 30.3 Å². The minimum Gasteiger partial charge on any atom is -0.486 e. The summed E-state index contributed by atoms with van der Waals surface area (Å²) in [5.41, 5.74) is -0.0244. The van der Waals surface area contributed by atoms with Crippen LogP contribution >= 0.6 is 0 Å². The van der Waals surface area contributed by atoms with Gasteiger partial charge in [0.05, 0.1) is 11.0 Å². The van der Waals surface area contributed by atoms with E-state index in [1.165, 1.54) is 18.6 Å². The first kappa shape index (κ1) is 20.5. The minimum absolute atomic E-state index is 0.0913. The lowest BCUT2D eigenvalue weighted by Crippen LogP contribution is -2.60. The van der Waals surface area contributed by atoms with Gasteiger partial charge in [-0.2, -0.15) is 0 Å². The van der Waals surface area contributed by atoms with Crippen molar-refractivity contribution in [2.75, 3.05) is 6.54 Å². The standard InChI is InChI=1S/C26H30FNO3/c27-21-6-8-22(9-7-21)31-23(20-4-2-1-3-5-20)10-11-28-24(29)25-13-18-12-19(14-25)16-26(30,15-18)17-25/h1-9,18-19,23,30H,10-17H2,(H,28,29). The number of aliphatic hydroxyl groups is 1. The average Bonchev–Trinajstić information content (AvgIpc) is 2.73. The molecular formula is C26H30FNO3. The van der Waals surface area contributed by atoms with Crippen molar-refractivity contribution in [3.05, 3.63) is 66.0 Å². The van der Waals surface area contributed by atoms with Crippen LogP contribution in [0.1, 0.15) is 56.6 Å². The molecule has 0 aliphatic heterocycles. The van der Waals surface area contributed by atoms with Crippen molar-refractivity contribution in [2.24, 2.45) is 17.3 Å². The molecule has 164 valence electrons. The third-order valence-electron chi connectivity index (χ3n) is 7.47. The van der Waals surface area contributed by atoms with E-state index in [1.807, 2.05) is 30.3 Å². The van der Waals surface area contributed by atoms with E-state index >= 15 is 0 Å². The van der Waals surface area contributed by atoms with E-state index < -0.39 is 11.0 Å². The number of halogens is 1. The van der Waals surface area contributed by atoms with Crippen molar-refractivity contribution in [3.8, 4) is 5.75 Å². The fourth-order valence-corrected chi connectivity index (χ4v) is 6.62. The summed E-state index contributed by atoms with van der Waals surface area (Å²) in [5.74, 6) is 1.36. The SMILES string of the molecule is O=C(NCCC(Oc1ccc(F)cc1)c1ccccc1)C12CC3CC(CC(O)(C3)C1)C2. The molecule has 4 bridgehead atoms. The van der Waals surface area contributed by atoms with Crippen molar-refractivity contribution in [3.63, 3.8) is 0 Å². The quantitative estimate of drug-likeness (QED) is 0.674. The van der Waals surface area contributed by atoms with Crippen LogP contribution in [0.4, 0.5) is 4.39 Å². The van der Waals surface area contributed by atoms with Crippen molar-refractivity contribution in [1.29, 1.82) is 0 Å². The van der Waals surface area contributed by atoms with Gasteiger partial charge in [-0.25, -0.2) is 4.39 Å². The molecule has 0 spiro atoms. The Morgan fingerprint density at radius 3 is 2.39 bits per heavy atom. The molecule has 4 saturated carbocycles. The van der Waals surface area contributed by atoms with E-state index in [-0.39, 0.29) is 17.8 Å². The lowest BCUT2D eigenvalue weighted by molar-refractivity contribution is -0.178. The van der Waals surface area contributed by atoms with Gasteiger partial charge in [-0.3, -0.25) is 4.79 Å². The van der Waals surface area contributed by atoms with Gasteiger partial charge in [-0.15, -0.1) is 0 Å². The number of nitrogens with one attached hydrogen (secondary N) is 1. The van der Waals surface area contributed by atoms with E-state index in [2.05, 4.69) is 5.32 Å². The number of carbonyl (C=O) groups excluding carboxylic acids is 1. The van der Waals surface area contributed by atoms with Crippen LogP contribution in [0.15, 0.2) is 54.6 Å². The zero-order valence-electron chi connectivity index (χ0n) is 17.7. The maximum Gasteiger partial charge on any atom is 0.226 e. The fourth-order valence-electron chi connectivity index (χ4n) is 6.62. The molecule has 6 rings (SSSR count). The van der Waals surface area contributed by atoms with Gasteiger partial charge in [-0.05, 0) is 80.2 Å². The number of amides is 1. The summed E-state index contributed by atoms with van der Waals surface area (Å²) >= 11 is 0. The molecule has 2 aromatic carbocycles. The van der Waals surface area contributed by atoms with Crippen molar-refractivity contribution in [2.45, 2.75) is 56.7 Å². The normalized spacial score (nSPS) is 31.9. The molecule has 2 aromatic rings. The van der Waals surface area contributed by atoms with E-state index in [4.69, 9.17) is 4.74 Å². The Morgan fingerprint density at radius 2 is 1.74 bits per heavy atom. The summed E-state index contributed by atoms with van der Waals surface area (Å²) in [6, 6.07) is 15.9. The highest BCUT2D eigenvalue weighted by atomic mass is 19.1. The Bertz CT molecular complexity index is 915. The summed E-state index contributed by atoms with van der Waals surface area (Å²) in [6.45, 7) is 0.495. The molecule has 4 aliphatic rings. The Hall–Kier alpha value is -2.40. The van der Waals surface area contributed by atoms with Crippen LogP contribution in [0.25, 0.3) is 0 Å². The van der Waals surface area contributed by atoms with E-state index in [0.717, 1.165) is 31.2 Å². The molecule has 3 unspecified atom stereocenters. The number of rotatable bonds is 7. The molecule has 3 atom stereocenters. The topological polar surface area (TPSA) is 58.6 Å². The van der Waals surface area contributed by atoms with Crippen LogP contribution < -0.4 is 10.1 Å². The van der Waals surface area contributed by atoms with Gasteiger partial charge in [0.2, 0.25) is 5.91 Å². The third kappa shape index (κ3) is 4.20. The highest BCUT2D eigenvalue weighted by Crippen LogP contribution is 2.61. The lowest BCUT2D eigenvalue weighted by Gasteiger charge is -2.59. The fraction of sp³-hybridized carbons (Fsp3) is 0.500. The largest absolute Gasteiger partial charge is 0.486 e. The lowest BCUT2D eigenvalue weighted by atomic mass is 9.47. The molecule has 1 amide bonds. The van der Waals surface area contributed by atoms with E-state index in [0.29, 0.717) is 37.0 Å². The summed E-state index contributed by atoms with van der Waals surface area (Å²) < 4.78 is 19.4. The van der Waals surface area contributed by atoms with Crippen molar-refractivity contribution >= 4 is 5.91 Å². The summed E-state index contributed by atoms with van der Waals surface area (Å²) in [6.07, 6.45) is 5.68. The number of benzene rings is 2. The first-order valence-corrected chi connectivity index (χ1v) is 11.4. The number of carbonyl (C=O) groups is 1. The molecule has 0 radical (unpaired) electrons. The molecule has 0 saturated heterocycles. The zero-order chi connectivity index (χ0) is 21.5. The average molecular weight is 424 g/mol. The van der Waals surface area contributed by atoms with Gasteiger partial charge >= 0.3 is 0 Å². The van der Waals surface area contributed by atoms with Gasteiger partial charge in [0.25, 0.3) is 0 Å². The first-order valence-electron chi connectivity index (χ1n) is 11.4. The zero-order valence-corrected chi connectivity index (χ0v) is 17.7. The predicted molar refractivity (Wildman–Crippen MR) is 116 cm³/mol. The maximum atomic E-state index is 13.3. The molecule has 5 heteroatoms. The van der Waals surface area contributed by atoms with Crippen LogP contribution in [-0.4, -0.2) is 23.2 Å². The molecule has 0 aromatic heterocycles. The molecule has 4 nitrogen and oxygen atoms in total. The molecule has 2 N–H and O–H groups in total. The molecule has 4 aliphatic carbocycles. The second-order valence-corrected chi connectivity index (χ2v) is 9.98. The maximum absolute atomic E-state index is 13.3. The molecular weight excluding hydrogens is 393 g/mol. The second kappa shape index (κ2) is 7.94. The third-order valence-corrected chi connectivity index (χ3v) is 7.47. The Kier molecular flexibility index (Phi) is 5.25. The highest BCUT2D eigenvalue weighted by Gasteiger charge is 2.60. The minimum atomic E-state index is -0.639. The second-order valence-electron chi connectivity index (χ2n) is 9.98. The van der Waals surface area contributed by atoms with E-state index in [9.17, 15) is 14.3 Å². The number of hydrogen-bond acceptors (Lipinski definition) is 3. The van der Waals surface area contributed by atoms with Gasteiger partial charge in [0.15, 0.2) is 0 Å². The Balaban J connectivity index is 1.24. The summed E-state index contributed by atoms with van der Waals surface area (Å²) in [5, 5.41) is 14.1. The highest BCUT2D eigenvalue weighted by molar-refractivity contribution is 5.83. The molecule has 31 heavy (non-hydrogen) atoms. The summed E-state index contributed by atoms with van der Waals surface area (Å²) in [4.78, 5) is 13.2. The monoisotopic (exact) mass is 423 g/mol. The Labute approximate surface area is 182 Å². The molecule has 0 heterocycles. The van der Waals surface area contributed by atoms with Gasteiger partial charge < -0.3 is 15.2 Å². The Morgan fingerprint density at radius 1 is 1.06 bits per heavy atom. The van der Waals surface area contributed by atoms with Crippen LogP contribution in [0.3, 0.4) is 0 Å². The van der Waals surface area contributed by atoms with Gasteiger partial charge in [0, 0.05) is 13.0 Å². The van der Waals surface area contributed by atoms with E-state index in [1.54, 1.807) is 12.1 Å². The smallest absolute Gasteiger partial charge is 0.226 e. The van der Waals surface area contributed by atoms with Crippen LogP contribution in [-0.2, 0) is 4.79 Å². The first-order chi connectivity index (χ1) is 14.9. The van der Waals surface area contributed by atoms with Crippen molar-refractivity contribution < 1.29 is 19.0 Å².